The third-order valence-electron chi connectivity index (χ3n) is 7.83. The van der Waals surface area contributed by atoms with Gasteiger partial charge >= 0.3 is 11.9 Å². The van der Waals surface area contributed by atoms with E-state index in [4.69, 9.17) is 4.42 Å². The van der Waals surface area contributed by atoms with Gasteiger partial charge in [-0.05, 0) is 48.2 Å². The zero-order valence-corrected chi connectivity index (χ0v) is 20.6. The van der Waals surface area contributed by atoms with Crippen molar-refractivity contribution in [1.82, 2.24) is 19.4 Å². The van der Waals surface area contributed by atoms with Crippen LogP contribution < -0.4 is 5.76 Å². The molecule has 0 N–H and O–H groups in total. The predicted octanol–water partition coefficient (Wildman–Crippen LogP) is 3.98. The summed E-state index contributed by atoms with van der Waals surface area (Å²) in [4.78, 5) is 33.7. The number of fused-ring (bicyclic) bond motifs is 2. The fraction of sp³-hybridized carbons (Fsp3) is 0.500. The maximum Gasteiger partial charge on any atom is 0.419 e. The molecular formula is C26H29F3N4O3. The number of hydrogen-bond donors (Lipinski definition) is 0. The van der Waals surface area contributed by atoms with E-state index in [-0.39, 0.29) is 18.4 Å². The minimum absolute atomic E-state index is 0.00394. The number of benzene rings is 1. The molecule has 2 aromatic heterocycles. The van der Waals surface area contributed by atoms with E-state index in [2.05, 4.69) is 9.88 Å². The highest BCUT2D eigenvalue weighted by molar-refractivity contribution is 5.84. The molecule has 192 valence electrons. The molecule has 10 heteroatoms. The van der Waals surface area contributed by atoms with Crippen LogP contribution in [-0.4, -0.2) is 44.9 Å². The van der Waals surface area contributed by atoms with Gasteiger partial charge in [0, 0.05) is 51.5 Å². The average molecular weight is 503 g/mol. The van der Waals surface area contributed by atoms with Crippen LogP contribution in [0, 0.1) is 11.3 Å². The highest BCUT2D eigenvalue weighted by Gasteiger charge is 2.49. The second-order valence-corrected chi connectivity index (χ2v) is 10.3. The van der Waals surface area contributed by atoms with E-state index in [0.717, 1.165) is 29.9 Å². The number of alkyl halides is 3. The number of aryl methyl sites for hydroxylation is 1. The van der Waals surface area contributed by atoms with Crippen LogP contribution in [0.1, 0.15) is 42.7 Å². The quantitative estimate of drug-likeness (QED) is 0.540. The first-order chi connectivity index (χ1) is 17.0. The molecule has 1 amide bonds. The maximum absolute atomic E-state index is 13.9. The molecule has 1 saturated heterocycles. The lowest BCUT2D eigenvalue weighted by atomic mass is 9.74. The number of carbonyl (C=O) groups is 1. The maximum atomic E-state index is 13.9. The number of nitrogens with zero attached hydrogens (tertiary/aromatic N) is 4. The van der Waals surface area contributed by atoms with Crippen LogP contribution in [0.25, 0.3) is 11.1 Å². The Morgan fingerprint density at radius 3 is 2.72 bits per heavy atom. The fourth-order valence-corrected chi connectivity index (χ4v) is 5.54. The first-order valence-corrected chi connectivity index (χ1v) is 12.1. The van der Waals surface area contributed by atoms with Gasteiger partial charge in [-0.15, -0.1) is 0 Å². The second kappa shape index (κ2) is 8.76. The van der Waals surface area contributed by atoms with Gasteiger partial charge in [0.15, 0.2) is 5.58 Å². The van der Waals surface area contributed by atoms with Crippen LogP contribution in [0.3, 0.4) is 0 Å². The van der Waals surface area contributed by atoms with Crippen LogP contribution in [0.4, 0.5) is 13.2 Å². The van der Waals surface area contributed by atoms with E-state index in [1.165, 1.54) is 4.57 Å². The van der Waals surface area contributed by atoms with Crippen molar-refractivity contribution in [2.24, 2.45) is 18.4 Å². The van der Waals surface area contributed by atoms with Crippen molar-refractivity contribution in [2.75, 3.05) is 19.6 Å². The number of amides is 1. The standard InChI is InChI=1S/C26H29F3N4O3/c1-16(2)25(23(34)33-8-6-20-18(14-33)11-19(12-30-20)26(27,28)29)7-9-32(15-25)13-17-4-5-22-21(10-17)31(3)24(35)36-22/h4-5,10-12,16H,6-9,13-15H2,1-3H3. The van der Waals surface area contributed by atoms with Crippen molar-refractivity contribution < 1.29 is 22.4 Å². The molecule has 3 aromatic rings. The highest BCUT2D eigenvalue weighted by Crippen LogP contribution is 2.41. The first-order valence-electron chi connectivity index (χ1n) is 12.1. The van der Waals surface area contributed by atoms with Gasteiger partial charge in [0.25, 0.3) is 0 Å². The molecule has 1 atom stereocenters. The molecule has 1 fully saturated rings. The molecule has 4 heterocycles. The fourth-order valence-electron chi connectivity index (χ4n) is 5.54. The highest BCUT2D eigenvalue weighted by atomic mass is 19.4. The Labute approximate surface area is 206 Å². The number of oxazole rings is 1. The zero-order chi connectivity index (χ0) is 25.8. The van der Waals surface area contributed by atoms with E-state index in [9.17, 15) is 22.8 Å². The number of likely N-dealkylation sites (tertiary alicyclic amines) is 1. The Bertz CT molecular complexity index is 1380. The van der Waals surface area contributed by atoms with Crippen LogP contribution in [0.15, 0.2) is 39.7 Å². The summed E-state index contributed by atoms with van der Waals surface area (Å²) in [5.41, 5.74) is 1.98. The smallest absolute Gasteiger partial charge is 0.408 e. The van der Waals surface area contributed by atoms with Crippen LogP contribution >= 0.6 is 0 Å². The predicted molar refractivity (Wildman–Crippen MR) is 127 cm³/mol. The van der Waals surface area contributed by atoms with Gasteiger partial charge < -0.3 is 9.32 Å². The van der Waals surface area contributed by atoms with Gasteiger partial charge in [-0.3, -0.25) is 19.2 Å². The lowest BCUT2D eigenvalue weighted by Gasteiger charge is -2.39. The Balaban J connectivity index is 1.34. The van der Waals surface area contributed by atoms with Crippen LogP contribution in [0.2, 0.25) is 0 Å². The van der Waals surface area contributed by atoms with Crippen LogP contribution in [-0.2, 0) is 37.5 Å². The topological polar surface area (TPSA) is 71.6 Å². The van der Waals surface area contributed by atoms with Gasteiger partial charge in [0.1, 0.15) is 0 Å². The monoisotopic (exact) mass is 502 g/mol. The van der Waals surface area contributed by atoms with E-state index < -0.39 is 22.9 Å². The average Bonchev–Trinajstić information content (AvgIpc) is 3.39. The minimum Gasteiger partial charge on any atom is -0.408 e. The third kappa shape index (κ3) is 4.21. The summed E-state index contributed by atoms with van der Waals surface area (Å²) in [5, 5.41) is 0. The van der Waals surface area contributed by atoms with E-state index in [1.54, 1.807) is 18.0 Å². The molecule has 2 aliphatic rings. The molecule has 2 aliphatic heterocycles. The largest absolute Gasteiger partial charge is 0.419 e. The number of halogens is 3. The van der Waals surface area contributed by atoms with Gasteiger partial charge in [0.2, 0.25) is 5.91 Å². The number of hydrogen-bond acceptors (Lipinski definition) is 5. The number of carbonyl (C=O) groups excluding carboxylic acids is 1. The van der Waals surface area contributed by atoms with Crippen molar-refractivity contribution >= 4 is 17.0 Å². The molecule has 0 radical (unpaired) electrons. The number of rotatable bonds is 4. The summed E-state index contributed by atoms with van der Waals surface area (Å²) in [6, 6.07) is 6.78. The minimum atomic E-state index is -4.47. The molecule has 1 unspecified atom stereocenters. The van der Waals surface area contributed by atoms with E-state index in [0.29, 0.717) is 49.3 Å². The zero-order valence-electron chi connectivity index (χ0n) is 20.6. The van der Waals surface area contributed by atoms with Gasteiger partial charge in [-0.2, -0.15) is 13.2 Å². The van der Waals surface area contributed by atoms with E-state index >= 15 is 0 Å². The lowest BCUT2D eigenvalue weighted by Crippen LogP contribution is -2.50. The summed E-state index contributed by atoms with van der Waals surface area (Å²) in [7, 11) is 1.67. The van der Waals surface area contributed by atoms with Crippen molar-refractivity contribution in [3.05, 3.63) is 63.4 Å². The Morgan fingerprint density at radius 2 is 2.00 bits per heavy atom. The Kier molecular flexibility index (Phi) is 5.97. The Morgan fingerprint density at radius 1 is 1.22 bits per heavy atom. The molecule has 1 aromatic carbocycles. The van der Waals surface area contributed by atoms with Crippen LogP contribution in [0.5, 0.6) is 0 Å². The van der Waals surface area contributed by atoms with Crippen molar-refractivity contribution in [1.29, 1.82) is 0 Å². The van der Waals surface area contributed by atoms with Gasteiger partial charge in [-0.25, -0.2) is 4.79 Å². The molecule has 0 aliphatic carbocycles. The first kappa shape index (κ1) is 24.5. The van der Waals surface area contributed by atoms with Crippen molar-refractivity contribution in [2.45, 2.75) is 46.0 Å². The number of pyridine rings is 1. The molecule has 7 nitrogen and oxygen atoms in total. The molecular weight excluding hydrogens is 473 g/mol. The summed E-state index contributed by atoms with van der Waals surface area (Å²) in [6.07, 6.45) is -2.47. The summed E-state index contributed by atoms with van der Waals surface area (Å²) >= 11 is 0. The normalized spacial score (nSPS) is 20.9. The summed E-state index contributed by atoms with van der Waals surface area (Å²) in [6.45, 7) is 6.59. The van der Waals surface area contributed by atoms with Crippen molar-refractivity contribution in [3.63, 3.8) is 0 Å². The van der Waals surface area contributed by atoms with E-state index in [1.807, 2.05) is 26.0 Å². The lowest BCUT2D eigenvalue weighted by molar-refractivity contribution is -0.145. The molecule has 0 spiro atoms. The summed E-state index contributed by atoms with van der Waals surface area (Å²) < 4.78 is 46.3. The third-order valence-corrected chi connectivity index (χ3v) is 7.83. The Hall–Kier alpha value is -3.14. The second-order valence-electron chi connectivity index (χ2n) is 10.3. The molecule has 0 bridgehead atoms. The molecule has 5 rings (SSSR count). The SMILES string of the molecule is CC(C)C1(C(=O)N2CCc3ncc(C(F)(F)F)cc3C2)CCN(Cc2ccc3oc(=O)n(C)c3c2)C1. The number of aromatic nitrogens is 2. The molecule has 36 heavy (non-hydrogen) atoms. The summed E-state index contributed by atoms with van der Waals surface area (Å²) in [5.74, 6) is -0.350. The van der Waals surface area contributed by atoms with Gasteiger partial charge in [-0.1, -0.05) is 19.9 Å². The van der Waals surface area contributed by atoms with Crippen molar-refractivity contribution in [3.8, 4) is 0 Å². The molecule has 0 saturated carbocycles. The van der Waals surface area contributed by atoms with Gasteiger partial charge in [0.05, 0.1) is 16.5 Å².